The topological polar surface area (TPSA) is 60.4 Å². The van der Waals surface area contributed by atoms with Crippen LogP contribution in [0.25, 0.3) is 0 Å². The molecule has 88 valence electrons. The molecule has 0 aromatic heterocycles. The van der Waals surface area contributed by atoms with E-state index in [1.165, 1.54) is 19.1 Å². The lowest BCUT2D eigenvalue weighted by atomic mass is 10.3. The molecule has 7 heteroatoms. The molecule has 1 aromatic rings. The first-order valence-electron chi connectivity index (χ1n) is 4.09. The number of ether oxygens (including phenoxy) is 1. The SMILES string of the molecule is CC(=O)Oc1c(Br)cc(S(C)(=O)=O)cc1Br. The van der Waals surface area contributed by atoms with Crippen LogP contribution in [0.4, 0.5) is 0 Å². The monoisotopic (exact) mass is 370 g/mol. The minimum Gasteiger partial charge on any atom is -0.424 e. The van der Waals surface area contributed by atoms with E-state index in [1.807, 2.05) is 0 Å². The minimum absolute atomic E-state index is 0.141. The standard InChI is InChI=1S/C9H8Br2O4S/c1-5(12)15-9-7(10)3-6(4-8(9)11)16(2,13)14/h3-4H,1-2H3. The number of hydrogen-bond donors (Lipinski definition) is 0. The van der Waals surface area contributed by atoms with Gasteiger partial charge in [-0.15, -0.1) is 0 Å². The van der Waals surface area contributed by atoms with Crippen molar-refractivity contribution < 1.29 is 17.9 Å². The van der Waals surface area contributed by atoms with E-state index in [-0.39, 0.29) is 10.6 Å². The van der Waals surface area contributed by atoms with Crippen molar-refractivity contribution in [1.29, 1.82) is 0 Å². The molecule has 0 radical (unpaired) electrons. The average Bonchev–Trinajstić information content (AvgIpc) is 2.09. The quantitative estimate of drug-likeness (QED) is 0.592. The lowest BCUT2D eigenvalue weighted by Crippen LogP contribution is -2.04. The van der Waals surface area contributed by atoms with Crippen LogP contribution in [0, 0.1) is 0 Å². The Morgan fingerprint density at radius 3 is 2.00 bits per heavy atom. The maximum atomic E-state index is 11.3. The molecule has 0 saturated carbocycles. The van der Waals surface area contributed by atoms with E-state index in [4.69, 9.17) is 4.74 Å². The van der Waals surface area contributed by atoms with Gasteiger partial charge in [0, 0.05) is 13.2 Å². The van der Waals surface area contributed by atoms with Crippen molar-refractivity contribution in [1.82, 2.24) is 0 Å². The summed E-state index contributed by atoms with van der Waals surface area (Å²) < 4.78 is 28.4. The summed E-state index contributed by atoms with van der Waals surface area (Å²) in [6.07, 6.45) is 1.10. The van der Waals surface area contributed by atoms with Gasteiger partial charge in [-0.2, -0.15) is 0 Å². The summed E-state index contributed by atoms with van der Waals surface area (Å²) >= 11 is 6.29. The van der Waals surface area contributed by atoms with Crippen molar-refractivity contribution in [3.05, 3.63) is 21.1 Å². The lowest BCUT2D eigenvalue weighted by molar-refractivity contribution is -0.131. The summed E-state index contributed by atoms with van der Waals surface area (Å²) in [6, 6.07) is 2.77. The molecule has 4 nitrogen and oxygen atoms in total. The second kappa shape index (κ2) is 4.85. The molecule has 0 aliphatic rings. The molecule has 0 spiro atoms. The maximum Gasteiger partial charge on any atom is 0.308 e. The fourth-order valence-electron chi connectivity index (χ4n) is 0.992. The molecule has 1 rings (SSSR count). The van der Waals surface area contributed by atoms with Crippen LogP contribution >= 0.6 is 31.9 Å². The second-order valence-electron chi connectivity index (χ2n) is 3.08. The van der Waals surface area contributed by atoms with Gasteiger partial charge in [0.25, 0.3) is 0 Å². The Kier molecular flexibility index (Phi) is 4.14. The predicted molar refractivity (Wildman–Crippen MR) is 66.3 cm³/mol. The van der Waals surface area contributed by atoms with Crippen molar-refractivity contribution in [2.75, 3.05) is 6.26 Å². The number of sulfone groups is 1. The zero-order valence-corrected chi connectivity index (χ0v) is 12.4. The molecule has 0 bridgehead atoms. The van der Waals surface area contributed by atoms with Gasteiger partial charge in [-0.1, -0.05) is 0 Å². The van der Waals surface area contributed by atoms with Crippen molar-refractivity contribution in [2.24, 2.45) is 0 Å². The van der Waals surface area contributed by atoms with Gasteiger partial charge in [0.1, 0.15) is 0 Å². The fourth-order valence-corrected chi connectivity index (χ4v) is 3.31. The fraction of sp³-hybridized carbons (Fsp3) is 0.222. The predicted octanol–water partition coefficient (Wildman–Crippen LogP) is 2.54. The van der Waals surface area contributed by atoms with E-state index < -0.39 is 15.8 Å². The van der Waals surface area contributed by atoms with Crippen LogP contribution in [0.15, 0.2) is 26.0 Å². The normalized spacial score (nSPS) is 11.2. The van der Waals surface area contributed by atoms with Crippen LogP contribution in [0.3, 0.4) is 0 Å². The van der Waals surface area contributed by atoms with Crippen LogP contribution in [0.2, 0.25) is 0 Å². The Bertz CT molecular complexity index is 513. The van der Waals surface area contributed by atoms with Crippen LogP contribution in [-0.2, 0) is 14.6 Å². The number of benzene rings is 1. The Balaban J connectivity index is 3.34. The number of carbonyl (C=O) groups is 1. The molecular weight excluding hydrogens is 364 g/mol. The summed E-state index contributed by atoms with van der Waals surface area (Å²) in [5, 5.41) is 0. The highest BCUT2D eigenvalue weighted by Gasteiger charge is 2.15. The zero-order chi connectivity index (χ0) is 12.5. The van der Waals surface area contributed by atoms with Gasteiger partial charge in [0.05, 0.1) is 13.8 Å². The van der Waals surface area contributed by atoms with Gasteiger partial charge in [0.15, 0.2) is 15.6 Å². The summed E-state index contributed by atoms with van der Waals surface area (Å²) in [6.45, 7) is 1.27. The summed E-state index contributed by atoms with van der Waals surface area (Å²) in [7, 11) is -3.29. The van der Waals surface area contributed by atoms with Crippen LogP contribution in [-0.4, -0.2) is 20.6 Å². The van der Waals surface area contributed by atoms with E-state index in [9.17, 15) is 13.2 Å². The Hall–Kier alpha value is -0.400. The highest BCUT2D eigenvalue weighted by molar-refractivity contribution is 9.11. The Labute approximate surface area is 110 Å². The third kappa shape index (κ3) is 3.29. The molecule has 0 saturated heterocycles. The van der Waals surface area contributed by atoms with Crippen LogP contribution in [0.5, 0.6) is 5.75 Å². The van der Waals surface area contributed by atoms with Gasteiger partial charge in [-0.05, 0) is 44.0 Å². The number of hydrogen-bond acceptors (Lipinski definition) is 4. The van der Waals surface area contributed by atoms with Gasteiger partial charge < -0.3 is 4.74 Å². The van der Waals surface area contributed by atoms with E-state index in [0.717, 1.165) is 6.26 Å². The molecule has 0 heterocycles. The van der Waals surface area contributed by atoms with Gasteiger partial charge >= 0.3 is 5.97 Å². The van der Waals surface area contributed by atoms with E-state index in [1.54, 1.807) is 0 Å². The number of halogens is 2. The first kappa shape index (κ1) is 13.7. The zero-order valence-electron chi connectivity index (χ0n) is 8.45. The van der Waals surface area contributed by atoms with Crippen LogP contribution in [0.1, 0.15) is 6.92 Å². The Morgan fingerprint density at radius 1 is 1.25 bits per heavy atom. The number of rotatable bonds is 2. The van der Waals surface area contributed by atoms with Gasteiger partial charge in [0.2, 0.25) is 0 Å². The minimum atomic E-state index is -3.29. The first-order chi connectivity index (χ1) is 7.21. The smallest absolute Gasteiger partial charge is 0.308 e. The first-order valence-corrected chi connectivity index (χ1v) is 7.57. The molecule has 0 aliphatic carbocycles. The van der Waals surface area contributed by atoms with Crippen molar-refractivity contribution in [3.8, 4) is 5.75 Å². The molecule has 0 fully saturated rings. The molecule has 0 amide bonds. The van der Waals surface area contributed by atoms with Crippen molar-refractivity contribution >= 4 is 47.7 Å². The third-order valence-electron chi connectivity index (χ3n) is 1.65. The molecule has 0 unspecified atom stereocenters. The molecule has 16 heavy (non-hydrogen) atoms. The largest absolute Gasteiger partial charge is 0.424 e. The van der Waals surface area contributed by atoms with Gasteiger partial charge in [-0.3, -0.25) is 4.79 Å². The average molecular weight is 372 g/mol. The molecular formula is C9H8Br2O4S. The Morgan fingerprint density at radius 2 is 1.69 bits per heavy atom. The number of carbonyl (C=O) groups excluding carboxylic acids is 1. The second-order valence-corrected chi connectivity index (χ2v) is 6.81. The van der Waals surface area contributed by atoms with E-state index in [2.05, 4.69) is 31.9 Å². The third-order valence-corrected chi connectivity index (χ3v) is 3.92. The summed E-state index contributed by atoms with van der Waals surface area (Å²) in [5.41, 5.74) is 0. The highest BCUT2D eigenvalue weighted by Crippen LogP contribution is 2.36. The summed E-state index contributed by atoms with van der Waals surface area (Å²) in [4.78, 5) is 11.0. The molecule has 0 atom stereocenters. The van der Waals surface area contributed by atoms with Crippen molar-refractivity contribution in [3.63, 3.8) is 0 Å². The van der Waals surface area contributed by atoms with Crippen LogP contribution < -0.4 is 4.74 Å². The molecule has 0 N–H and O–H groups in total. The maximum absolute atomic E-state index is 11.3. The van der Waals surface area contributed by atoms with Gasteiger partial charge in [-0.25, -0.2) is 8.42 Å². The van der Waals surface area contributed by atoms with E-state index in [0.29, 0.717) is 8.95 Å². The lowest BCUT2D eigenvalue weighted by Gasteiger charge is -2.08. The van der Waals surface area contributed by atoms with E-state index >= 15 is 0 Å². The van der Waals surface area contributed by atoms with Crippen molar-refractivity contribution in [2.45, 2.75) is 11.8 Å². The summed E-state index contributed by atoms with van der Waals surface area (Å²) in [5.74, 6) is -0.214. The highest BCUT2D eigenvalue weighted by atomic mass is 79.9. The molecule has 1 aromatic carbocycles. The molecule has 0 aliphatic heterocycles. The number of esters is 1.